The van der Waals surface area contributed by atoms with Crippen LogP contribution in [0.3, 0.4) is 0 Å². The summed E-state index contributed by atoms with van der Waals surface area (Å²) in [5, 5.41) is 17.9. The summed E-state index contributed by atoms with van der Waals surface area (Å²) in [6.07, 6.45) is 2.98. The second-order valence-corrected chi connectivity index (χ2v) is 3.44. The predicted octanol–water partition coefficient (Wildman–Crippen LogP) is 1.02. The van der Waals surface area contributed by atoms with Crippen LogP contribution in [0.15, 0.2) is 11.6 Å². The summed E-state index contributed by atoms with van der Waals surface area (Å²) >= 11 is 0. The molecule has 4 heteroatoms. The number of hydrogen-bond donors (Lipinski definition) is 2. The lowest BCUT2D eigenvalue weighted by atomic mass is 10.2. The molecule has 15 heavy (non-hydrogen) atoms. The molecule has 0 spiro atoms. The Kier molecular flexibility index (Phi) is 7.95. The van der Waals surface area contributed by atoms with Gasteiger partial charge in [-0.15, -0.1) is 0 Å². The summed E-state index contributed by atoms with van der Waals surface area (Å²) in [6.45, 7) is 3.58. The number of rotatable bonds is 7. The highest BCUT2D eigenvalue weighted by Crippen LogP contribution is 2.03. The molecule has 2 N–H and O–H groups in total. The number of ether oxygens (including phenoxy) is 1. The third-order valence-electron chi connectivity index (χ3n) is 2.11. The van der Waals surface area contributed by atoms with Crippen LogP contribution >= 0.6 is 0 Å². The normalized spacial score (nSPS) is 13.7. The highest BCUT2D eigenvalue weighted by atomic mass is 16.5. The minimum absolute atomic E-state index is 0.0233. The number of hydrogen-bond acceptors (Lipinski definition) is 4. The van der Waals surface area contributed by atoms with Crippen molar-refractivity contribution in [3.63, 3.8) is 0 Å². The molecule has 4 nitrogen and oxygen atoms in total. The largest absolute Gasteiger partial charge is 0.460 e. The number of aliphatic hydroxyl groups is 2. The topological polar surface area (TPSA) is 66.8 Å². The van der Waals surface area contributed by atoms with Crippen molar-refractivity contribution >= 4 is 5.97 Å². The Bertz CT molecular complexity index is 211. The summed E-state index contributed by atoms with van der Waals surface area (Å²) in [5.41, 5.74) is 0.539. The summed E-state index contributed by atoms with van der Waals surface area (Å²) in [6, 6.07) is 0. The third-order valence-corrected chi connectivity index (χ3v) is 2.11. The molecule has 0 aromatic heterocycles. The zero-order valence-corrected chi connectivity index (χ0v) is 9.40. The molecule has 1 unspecified atom stereocenters. The number of unbranched alkanes of at least 4 members (excludes halogenated alkanes) is 1. The maximum atomic E-state index is 11.2. The summed E-state index contributed by atoms with van der Waals surface area (Å²) < 4.78 is 4.87. The first-order valence-corrected chi connectivity index (χ1v) is 5.20. The van der Waals surface area contributed by atoms with E-state index in [1.807, 2.05) is 0 Å². The van der Waals surface area contributed by atoms with Crippen molar-refractivity contribution in [3.05, 3.63) is 11.6 Å². The number of esters is 1. The van der Waals surface area contributed by atoms with E-state index in [2.05, 4.69) is 0 Å². The average Bonchev–Trinajstić information content (AvgIpc) is 2.25. The van der Waals surface area contributed by atoms with Crippen LogP contribution in [0.4, 0.5) is 0 Å². The Labute approximate surface area is 90.6 Å². The van der Waals surface area contributed by atoms with E-state index in [1.165, 1.54) is 0 Å². The summed E-state index contributed by atoms with van der Waals surface area (Å²) in [5.74, 6) is -0.390. The van der Waals surface area contributed by atoms with E-state index in [9.17, 15) is 9.90 Å². The van der Waals surface area contributed by atoms with Gasteiger partial charge in [0.1, 0.15) is 6.61 Å². The molecule has 0 fully saturated rings. The zero-order valence-electron chi connectivity index (χ0n) is 9.40. The van der Waals surface area contributed by atoms with Gasteiger partial charge < -0.3 is 14.9 Å². The van der Waals surface area contributed by atoms with Gasteiger partial charge in [-0.1, -0.05) is 6.08 Å². The Balaban J connectivity index is 3.62. The molecule has 0 radical (unpaired) electrons. The molecule has 1 atom stereocenters. The average molecular weight is 216 g/mol. The molecule has 0 aromatic rings. The first-order chi connectivity index (χ1) is 7.11. The molecule has 0 aromatic carbocycles. The van der Waals surface area contributed by atoms with Gasteiger partial charge >= 0.3 is 5.97 Å². The fraction of sp³-hybridized carbons (Fsp3) is 0.727. The fourth-order valence-corrected chi connectivity index (χ4v) is 0.979. The van der Waals surface area contributed by atoms with Gasteiger partial charge in [-0.3, -0.25) is 0 Å². The molecule has 0 saturated carbocycles. The molecule has 0 rings (SSSR count). The fourth-order valence-electron chi connectivity index (χ4n) is 0.979. The zero-order chi connectivity index (χ0) is 11.7. The third kappa shape index (κ3) is 7.11. The minimum atomic E-state index is -0.634. The molecule has 0 aliphatic heterocycles. The standard InChI is InChI=1S/C11H20O4/c1-3-9(2)11(14)15-8-10(13)6-4-5-7-12/h3,10,12-13H,4-8H2,1-2H3. The lowest BCUT2D eigenvalue weighted by Crippen LogP contribution is -2.19. The van der Waals surface area contributed by atoms with Gasteiger partial charge in [0, 0.05) is 12.2 Å². The number of carbonyl (C=O) groups excluding carboxylic acids is 1. The molecule has 0 aliphatic carbocycles. The van der Waals surface area contributed by atoms with Gasteiger partial charge in [-0.05, 0) is 33.1 Å². The Hall–Kier alpha value is -0.870. The van der Waals surface area contributed by atoms with Gasteiger partial charge in [-0.2, -0.15) is 0 Å². The van der Waals surface area contributed by atoms with E-state index in [0.29, 0.717) is 18.4 Å². The molecule has 0 aliphatic rings. The monoisotopic (exact) mass is 216 g/mol. The van der Waals surface area contributed by atoms with Crippen molar-refractivity contribution in [2.24, 2.45) is 0 Å². The van der Waals surface area contributed by atoms with Crippen molar-refractivity contribution in [1.29, 1.82) is 0 Å². The van der Waals surface area contributed by atoms with Crippen LogP contribution in [-0.2, 0) is 9.53 Å². The molecule has 0 bridgehead atoms. The minimum Gasteiger partial charge on any atom is -0.460 e. The number of aliphatic hydroxyl groups excluding tert-OH is 2. The highest BCUT2D eigenvalue weighted by molar-refractivity contribution is 5.87. The molecule has 88 valence electrons. The van der Waals surface area contributed by atoms with E-state index in [0.717, 1.165) is 6.42 Å². The van der Waals surface area contributed by atoms with E-state index >= 15 is 0 Å². The van der Waals surface area contributed by atoms with E-state index in [1.54, 1.807) is 19.9 Å². The van der Waals surface area contributed by atoms with Crippen LogP contribution in [0.2, 0.25) is 0 Å². The van der Waals surface area contributed by atoms with Crippen molar-refractivity contribution in [1.82, 2.24) is 0 Å². The predicted molar refractivity (Wildman–Crippen MR) is 57.3 cm³/mol. The van der Waals surface area contributed by atoms with Gasteiger partial charge in [0.05, 0.1) is 6.10 Å². The van der Waals surface area contributed by atoms with Gasteiger partial charge in [0.15, 0.2) is 0 Å². The lowest BCUT2D eigenvalue weighted by Gasteiger charge is -2.10. The summed E-state index contributed by atoms with van der Waals surface area (Å²) in [7, 11) is 0. The maximum absolute atomic E-state index is 11.2. The second kappa shape index (κ2) is 8.44. The number of allylic oxidation sites excluding steroid dienone is 1. The smallest absolute Gasteiger partial charge is 0.333 e. The van der Waals surface area contributed by atoms with Crippen LogP contribution in [0.1, 0.15) is 33.1 Å². The SMILES string of the molecule is CC=C(C)C(=O)OCC(O)CCCCO. The second-order valence-electron chi connectivity index (χ2n) is 3.44. The molecular weight excluding hydrogens is 196 g/mol. The first-order valence-electron chi connectivity index (χ1n) is 5.20. The highest BCUT2D eigenvalue weighted by Gasteiger charge is 2.09. The van der Waals surface area contributed by atoms with Crippen LogP contribution in [0.5, 0.6) is 0 Å². The van der Waals surface area contributed by atoms with E-state index in [4.69, 9.17) is 9.84 Å². The lowest BCUT2D eigenvalue weighted by molar-refractivity contribution is -0.142. The van der Waals surface area contributed by atoms with Crippen LogP contribution in [0, 0.1) is 0 Å². The van der Waals surface area contributed by atoms with E-state index < -0.39 is 12.1 Å². The number of carbonyl (C=O) groups is 1. The van der Waals surface area contributed by atoms with Crippen LogP contribution < -0.4 is 0 Å². The van der Waals surface area contributed by atoms with Gasteiger partial charge in [-0.25, -0.2) is 4.79 Å². The summed E-state index contributed by atoms with van der Waals surface area (Å²) in [4.78, 5) is 11.2. The van der Waals surface area contributed by atoms with Crippen molar-refractivity contribution in [2.75, 3.05) is 13.2 Å². The first kappa shape index (κ1) is 14.1. The van der Waals surface area contributed by atoms with Crippen LogP contribution in [0.25, 0.3) is 0 Å². The van der Waals surface area contributed by atoms with Gasteiger partial charge in [0.25, 0.3) is 0 Å². The quantitative estimate of drug-likeness (QED) is 0.379. The van der Waals surface area contributed by atoms with Crippen molar-refractivity contribution in [2.45, 2.75) is 39.2 Å². The Morgan fingerprint density at radius 3 is 2.67 bits per heavy atom. The van der Waals surface area contributed by atoms with Crippen molar-refractivity contribution < 1.29 is 19.7 Å². The molecular formula is C11H20O4. The van der Waals surface area contributed by atoms with E-state index in [-0.39, 0.29) is 13.2 Å². The van der Waals surface area contributed by atoms with Crippen LogP contribution in [-0.4, -0.2) is 35.5 Å². The Morgan fingerprint density at radius 2 is 2.13 bits per heavy atom. The van der Waals surface area contributed by atoms with Crippen molar-refractivity contribution in [3.8, 4) is 0 Å². The Morgan fingerprint density at radius 1 is 1.47 bits per heavy atom. The molecule has 0 saturated heterocycles. The van der Waals surface area contributed by atoms with Gasteiger partial charge in [0.2, 0.25) is 0 Å². The molecule has 0 heterocycles. The maximum Gasteiger partial charge on any atom is 0.333 e. The molecule has 0 amide bonds.